The van der Waals surface area contributed by atoms with Gasteiger partial charge in [-0.3, -0.25) is 19.6 Å². The molecule has 0 aliphatic heterocycles. The van der Waals surface area contributed by atoms with Crippen LogP contribution in [0, 0.1) is 0 Å². The minimum Gasteiger partial charge on any atom is -0.876 e. The molecule has 2 aromatic rings. The van der Waals surface area contributed by atoms with Gasteiger partial charge >= 0.3 is 16.5 Å². The molecule has 11 heteroatoms. The Labute approximate surface area is 196 Å². The second kappa shape index (κ2) is 20.8. The van der Waals surface area contributed by atoms with Crippen LogP contribution in [-0.4, -0.2) is 31.5 Å². The van der Waals surface area contributed by atoms with Crippen LogP contribution < -0.4 is 10.2 Å². The second-order valence-electron chi connectivity index (χ2n) is 4.79. The number of aromatic nitrogens is 4. The van der Waals surface area contributed by atoms with Crippen LogP contribution in [0.25, 0.3) is 0 Å². The number of rotatable bonds is 2. The van der Waals surface area contributed by atoms with E-state index in [1.165, 1.54) is 27.7 Å². The van der Waals surface area contributed by atoms with Crippen molar-refractivity contribution in [2.75, 3.05) is 0 Å². The van der Waals surface area contributed by atoms with Crippen LogP contribution in [0.15, 0.2) is 70.1 Å². The van der Waals surface area contributed by atoms with Crippen molar-refractivity contribution in [3.63, 3.8) is 0 Å². The molecule has 0 unspecified atom stereocenters. The number of carbonyl (C=O) groups excluding carboxylic acids is 2. The van der Waals surface area contributed by atoms with Crippen LogP contribution in [0.3, 0.4) is 0 Å². The molecule has 29 heavy (non-hydrogen) atoms. The summed E-state index contributed by atoms with van der Waals surface area (Å²) in [7, 11) is 0. The van der Waals surface area contributed by atoms with Gasteiger partial charge in [-0.15, -0.1) is 11.5 Å². The third-order valence-electron chi connectivity index (χ3n) is 1.88. The zero-order chi connectivity index (χ0) is 21.9. The Morgan fingerprint density at radius 3 is 1.14 bits per heavy atom. The molecule has 0 amide bonds. The average Bonchev–Trinajstić information content (AvgIpc) is 2.55. The van der Waals surface area contributed by atoms with E-state index in [-0.39, 0.29) is 39.6 Å². The minimum absolute atomic E-state index is 0. The Morgan fingerprint density at radius 1 is 0.759 bits per heavy atom. The van der Waals surface area contributed by atoms with Gasteiger partial charge in [-0.05, 0) is 57.9 Å². The van der Waals surface area contributed by atoms with Gasteiger partial charge in [0.05, 0.1) is 12.4 Å². The Kier molecular flexibility index (Phi) is 22.7. The maximum atomic E-state index is 9.98. The van der Waals surface area contributed by atoms with Crippen molar-refractivity contribution in [1.82, 2.24) is 19.9 Å². The van der Waals surface area contributed by atoms with E-state index < -0.39 is 0 Å². The van der Waals surface area contributed by atoms with Gasteiger partial charge in [0.25, 0.3) is 0 Å². The molecular formula is C18H20Br2N4NiO4. The van der Waals surface area contributed by atoms with Gasteiger partial charge < -0.3 is 10.2 Å². The Morgan fingerprint density at radius 2 is 1.07 bits per heavy atom. The van der Waals surface area contributed by atoms with Crippen molar-refractivity contribution in [3.05, 3.63) is 70.1 Å². The third-order valence-corrected chi connectivity index (χ3v) is 2.70. The van der Waals surface area contributed by atoms with E-state index >= 15 is 0 Å². The third kappa shape index (κ3) is 31.0. The quantitative estimate of drug-likeness (QED) is 0.303. The van der Waals surface area contributed by atoms with Gasteiger partial charge in [-0.25, -0.2) is 9.97 Å². The van der Waals surface area contributed by atoms with E-state index in [1.807, 2.05) is 0 Å². The van der Waals surface area contributed by atoms with Crippen LogP contribution >= 0.6 is 31.9 Å². The normalized spacial score (nSPS) is 9.72. The summed E-state index contributed by atoms with van der Waals surface area (Å²) < 4.78 is 1.55. The predicted octanol–water partition coefficient (Wildman–Crippen LogP) is 2.15. The fourth-order valence-corrected chi connectivity index (χ4v) is 1.61. The van der Waals surface area contributed by atoms with E-state index in [4.69, 9.17) is 0 Å². The van der Waals surface area contributed by atoms with Gasteiger partial charge in [0.2, 0.25) is 0 Å². The van der Waals surface area contributed by atoms with Crippen molar-refractivity contribution in [3.8, 4) is 0 Å². The van der Waals surface area contributed by atoms with Gasteiger partial charge in [-0.1, -0.05) is 13.8 Å². The van der Waals surface area contributed by atoms with E-state index in [0.29, 0.717) is 0 Å². The first kappa shape index (κ1) is 31.7. The smallest absolute Gasteiger partial charge is 0.876 e. The zero-order valence-corrected chi connectivity index (χ0v) is 20.3. The summed E-state index contributed by atoms with van der Waals surface area (Å²) in [6, 6.07) is 0. The van der Waals surface area contributed by atoms with E-state index in [1.54, 1.807) is 37.2 Å². The first-order valence-electron chi connectivity index (χ1n) is 7.59. The number of ketones is 2. The predicted molar refractivity (Wildman–Crippen MR) is 108 cm³/mol. The summed E-state index contributed by atoms with van der Waals surface area (Å²) in [5.41, 5.74) is 0. The minimum atomic E-state index is -0.187. The van der Waals surface area contributed by atoms with Gasteiger partial charge in [0.1, 0.15) is 9.21 Å². The van der Waals surface area contributed by atoms with E-state index in [0.717, 1.165) is 21.4 Å². The summed E-state index contributed by atoms with van der Waals surface area (Å²) in [4.78, 5) is 35.2. The Bertz CT molecular complexity index is 687. The number of hydrogen-bond donors (Lipinski definition) is 0. The molecule has 2 aromatic heterocycles. The van der Waals surface area contributed by atoms with Crippen molar-refractivity contribution >= 4 is 43.4 Å². The van der Waals surface area contributed by atoms with Crippen LogP contribution in [-0.2, 0) is 26.1 Å². The molecule has 0 saturated heterocycles. The summed E-state index contributed by atoms with van der Waals surface area (Å²) in [5.74, 6) is -0.750. The molecule has 0 saturated carbocycles. The van der Waals surface area contributed by atoms with E-state index in [2.05, 4.69) is 51.8 Å². The number of carbonyl (C=O) groups is 2. The summed E-state index contributed by atoms with van der Waals surface area (Å²) in [6.45, 7) is 5.39. The van der Waals surface area contributed by atoms with Crippen LogP contribution in [0.2, 0.25) is 0 Å². The molecule has 0 spiro atoms. The number of hydrogen-bond acceptors (Lipinski definition) is 8. The van der Waals surface area contributed by atoms with Crippen molar-refractivity contribution in [1.29, 1.82) is 0 Å². The monoisotopic (exact) mass is 572 g/mol. The zero-order valence-electron chi connectivity index (χ0n) is 16.1. The number of allylic oxidation sites excluding steroid dienone is 4. The van der Waals surface area contributed by atoms with Crippen LogP contribution in [0.4, 0.5) is 0 Å². The molecule has 160 valence electrons. The molecule has 0 aromatic carbocycles. The second-order valence-corrected chi connectivity index (χ2v) is 6.41. The molecule has 2 heterocycles. The van der Waals surface area contributed by atoms with Crippen molar-refractivity contribution < 1.29 is 36.3 Å². The average molecular weight is 575 g/mol. The molecule has 0 aliphatic carbocycles. The number of halogens is 2. The number of nitrogens with zero attached hydrogens (tertiary/aromatic N) is 4. The van der Waals surface area contributed by atoms with Crippen molar-refractivity contribution in [2.24, 2.45) is 0 Å². The van der Waals surface area contributed by atoms with E-state index in [9.17, 15) is 19.8 Å². The molecule has 0 radical (unpaired) electrons. The summed E-state index contributed by atoms with van der Waals surface area (Å²) >= 11 is 6.28. The molecule has 2 rings (SSSR count). The molecule has 0 atom stereocenters. The molecule has 0 bridgehead atoms. The maximum Gasteiger partial charge on any atom is 2.00 e. The molecule has 8 nitrogen and oxygen atoms in total. The SMILES string of the molecule is Brc1cnccn1.Brc1cnccn1.CC(=O)/C=C(/C)[O-].CC(=O)/C=C(/C)[O-].[Ni+2]. The summed E-state index contributed by atoms with van der Waals surface area (Å²) in [5, 5.41) is 20.0. The molecule has 0 N–H and O–H groups in total. The topological polar surface area (TPSA) is 132 Å². The van der Waals surface area contributed by atoms with Gasteiger partial charge in [0, 0.05) is 24.8 Å². The van der Waals surface area contributed by atoms with Crippen molar-refractivity contribution in [2.45, 2.75) is 27.7 Å². The summed E-state index contributed by atoms with van der Waals surface area (Å²) in [6.07, 6.45) is 11.9. The van der Waals surface area contributed by atoms with Gasteiger partial charge in [-0.2, -0.15) is 0 Å². The molecular weight excluding hydrogens is 555 g/mol. The van der Waals surface area contributed by atoms with Crippen LogP contribution in [0.1, 0.15) is 27.7 Å². The fourth-order valence-electron chi connectivity index (χ4n) is 1.13. The Hall–Kier alpha value is -1.97. The first-order chi connectivity index (χ1) is 13.0. The van der Waals surface area contributed by atoms with Gasteiger partial charge in [0.15, 0.2) is 11.6 Å². The standard InChI is InChI=1S/2C5H8O2.2C4H3BrN2.Ni/c2*1-4(6)3-5(2)7;2*5-4-3-6-1-2-7-4;/h2*3,6H,1-2H3;2*1-3H;/q;;;;+2/p-2/b2*4-3-;;;. The fraction of sp³-hybridized carbons (Fsp3) is 0.222. The molecule has 0 fully saturated rings. The van der Waals surface area contributed by atoms with Crippen LogP contribution in [0.5, 0.6) is 0 Å². The largest absolute Gasteiger partial charge is 2.00 e. The first-order valence-corrected chi connectivity index (χ1v) is 9.18. The maximum absolute atomic E-state index is 9.98. The Balaban J connectivity index is -0.000000307. The molecule has 0 aliphatic rings.